The van der Waals surface area contributed by atoms with E-state index in [4.69, 9.17) is 34.7 Å². The second-order valence-corrected chi connectivity index (χ2v) is 12.4. The van der Waals surface area contributed by atoms with E-state index in [0.29, 0.717) is 0 Å². The number of aromatic amines is 1. The van der Waals surface area contributed by atoms with Crippen molar-refractivity contribution in [3.05, 3.63) is 29.3 Å². The van der Waals surface area contributed by atoms with Crippen LogP contribution >= 0.6 is 15.9 Å². The summed E-state index contributed by atoms with van der Waals surface area (Å²) in [4.78, 5) is 54.0. The maximum absolute atomic E-state index is 15.7. The van der Waals surface area contributed by atoms with Crippen molar-refractivity contribution in [3.8, 4) is 0 Å². The molecule has 25 heteroatoms. The van der Waals surface area contributed by atoms with Gasteiger partial charge in [0.15, 0.2) is 41.3 Å². The van der Waals surface area contributed by atoms with E-state index in [0.717, 1.165) is 17.2 Å². The third-order valence-corrected chi connectivity index (χ3v) is 8.53. The molecule has 2 aliphatic rings. The predicted octanol–water partition coefficient (Wildman–Crippen LogP) is -1.81. The monoisotopic (exact) mass is 691 g/mol. The number of anilines is 2. The number of hydrogen-bond acceptors (Lipinski definition) is 17. The number of ether oxygens (including phenoxy) is 3. The highest BCUT2D eigenvalue weighted by Gasteiger charge is 2.52. The van der Waals surface area contributed by atoms with Crippen molar-refractivity contribution in [1.82, 2.24) is 39.0 Å². The van der Waals surface area contributed by atoms with Gasteiger partial charge in [0.25, 0.3) is 11.9 Å². The maximum atomic E-state index is 15.7. The number of aliphatic hydroxyl groups is 2. The topological polar surface area (TPSA) is 320 Å². The quantitative estimate of drug-likeness (QED) is 0.0852. The summed E-state index contributed by atoms with van der Waals surface area (Å²) in [5, 5.41) is 20.9. The summed E-state index contributed by atoms with van der Waals surface area (Å²) < 4.78 is 69.2. The molecule has 4 aromatic heterocycles. The molecule has 6 heterocycles. The molecule has 6 rings (SSSR count). The Morgan fingerprint density at radius 2 is 1.76 bits per heavy atom. The highest BCUT2D eigenvalue weighted by Crippen LogP contribution is 2.49. The van der Waals surface area contributed by atoms with Crippen LogP contribution in [0.2, 0.25) is 0 Å². The molecule has 0 saturated carbocycles. The molecule has 2 saturated heterocycles. The van der Waals surface area contributed by atoms with E-state index in [1.807, 2.05) is 0 Å². The molecule has 46 heavy (non-hydrogen) atoms. The number of nitrogen functional groups attached to an aromatic ring is 2. The number of phosphoric acid groups is 1. The van der Waals surface area contributed by atoms with E-state index in [1.54, 1.807) is 0 Å². The molecule has 248 valence electrons. The first-order chi connectivity index (χ1) is 21.9. The molecule has 0 bridgehead atoms. The Hall–Kier alpha value is -3.60. The van der Waals surface area contributed by atoms with Gasteiger partial charge in [0.2, 0.25) is 5.95 Å². The number of rotatable bonds is 11. The summed E-state index contributed by atoms with van der Waals surface area (Å²) in [7, 11) is -8.00. The average molecular weight is 691 g/mol. The van der Waals surface area contributed by atoms with Gasteiger partial charge in [-0.2, -0.15) is 9.88 Å². The summed E-state index contributed by atoms with van der Waals surface area (Å²) in [6, 6.07) is 0. The van der Waals surface area contributed by atoms with Crippen molar-refractivity contribution in [1.29, 1.82) is 0 Å². The highest BCUT2D eigenvalue weighted by atomic mass is 31.2. The van der Waals surface area contributed by atoms with Gasteiger partial charge in [-0.3, -0.25) is 28.0 Å². The Balaban J connectivity index is 1.18. The lowest BCUT2D eigenvalue weighted by Crippen LogP contribution is -2.36. The van der Waals surface area contributed by atoms with Gasteiger partial charge in [0.1, 0.15) is 42.4 Å². The van der Waals surface area contributed by atoms with Gasteiger partial charge in [0.05, 0.1) is 25.9 Å². The van der Waals surface area contributed by atoms with Gasteiger partial charge in [0, 0.05) is 0 Å². The molecular weight excluding hydrogens is 665 g/mol. The Morgan fingerprint density at radius 3 is 2.48 bits per heavy atom. The van der Waals surface area contributed by atoms with Crippen LogP contribution in [-0.4, -0.2) is 115 Å². The van der Waals surface area contributed by atoms with E-state index >= 15 is 4.39 Å². The predicted molar refractivity (Wildman–Crippen MR) is 148 cm³/mol. The molecule has 0 aromatic carbocycles. The van der Waals surface area contributed by atoms with Crippen molar-refractivity contribution in [2.75, 3.05) is 31.0 Å². The number of nitrogens with two attached hydrogens (primary N) is 2. The largest absolute Gasteiger partial charge is 0.534 e. The fraction of sp³-hybridized carbons (Fsp3) is 0.524. The molecule has 2 fully saturated rings. The Morgan fingerprint density at radius 1 is 1.07 bits per heavy atom. The minimum atomic E-state index is -5.15. The number of halogens is 1. The molecule has 22 nitrogen and oxygen atoms in total. The second-order valence-electron chi connectivity index (χ2n) is 10.1. The summed E-state index contributed by atoms with van der Waals surface area (Å²) in [6.45, 7) is -1.64. The number of phosphoric ester groups is 1. The molecule has 0 radical (unpaired) electrons. The lowest BCUT2D eigenvalue weighted by molar-refractivity contribution is -0.0619. The van der Waals surface area contributed by atoms with Gasteiger partial charge in [-0.1, -0.05) is 0 Å². The van der Waals surface area contributed by atoms with Crippen molar-refractivity contribution in [2.45, 2.75) is 49.1 Å². The lowest BCUT2D eigenvalue weighted by Gasteiger charge is -2.24. The molecule has 4 unspecified atom stereocenters. The molecule has 0 aliphatic carbocycles. The van der Waals surface area contributed by atoms with Gasteiger partial charge in [-0.15, -0.1) is 0 Å². The molecule has 10 atom stereocenters. The fourth-order valence-electron chi connectivity index (χ4n) is 5.17. The number of aromatic nitrogens is 8. The van der Waals surface area contributed by atoms with Crippen LogP contribution < -0.4 is 17.0 Å². The summed E-state index contributed by atoms with van der Waals surface area (Å²) in [5.74, 6) is -0.248. The van der Waals surface area contributed by atoms with Crippen molar-refractivity contribution < 1.29 is 56.8 Å². The first kappa shape index (κ1) is 32.3. The van der Waals surface area contributed by atoms with Gasteiger partial charge < -0.3 is 40.8 Å². The Bertz CT molecular complexity index is 1880. The average Bonchev–Trinajstić information content (AvgIpc) is 3.76. The molecular formula is C21H26FN10O12P2+. The zero-order valence-corrected chi connectivity index (χ0v) is 24.9. The molecule has 0 amide bonds. The maximum Gasteiger partial charge on any atom is 0.534 e. The van der Waals surface area contributed by atoms with E-state index in [1.165, 1.54) is 10.9 Å². The smallest absolute Gasteiger partial charge is 0.394 e. The summed E-state index contributed by atoms with van der Waals surface area (Å²) >= 11 is 0. The standard InChI is InChI=1S/C21H25FN10O12P2/c22-9-13(40-6-45(36)37)8(43-19(9)31-4-27-10-15(23)25-3-26-16(10)31)2-41-46(38,39)44-14-7(1-33)42-20(12(14)34)32-5-28-11-17(32)29-21(24)30-18(11)35/h3-5,7-9,12-14,19-20,33-34H,1-2,6H2,(H6-,23,24,25,26,29,30,35,36,37,38,39)/p+1/t7-,8-,9?,12?,13+,14+,19-,20-/m1/s1. The Kier molecular flexibility index (Phi) is 8.82. The minimum Gasteiger partial charge on any atom is -0.394 e. The van der Waals surface area contributed by atoms with Crippen LogP contribution in [-0.2, 0) is 32.4 Å². The van der Waals surface area contributed by atoms with Crippen LogP contribution in [0, 0.1) is 0 Å². The van der Waals surface area contributed by atoms with Crippen molar-refractivity contribution >= 4 is 49.9 Å². The fourth-order valence-corrected chi connectivity index (χ4v) is 6.43. The molecule has 9 N–H and O–H groups in total. The van der Waals surface area contributed by atoms with Crippen molar-refractivity contribution in [3.63, 3.8) is 0 Å². The number of H-pyrrole nitrogens is 1. The highest BCUT2D eigenvalue weighted by molar-refractivity contribution is 7.47. The first-order valence-corrected chi connectivity index (χ1v) is 16.1. The molecule has 0 spiro atoms. The zero-order chi connectivity index (χ0) is 32.9. The second kappa shape index (κ2) is 12.5. The lowest BCUT2D eigenvalue weighted by atomic mass is 10.1. The normalized spacial score (nSPS) is 29.9. The molecule has 2 aliphatic heterocycles. The third kappa shape index (κ3) is 5.98. The number of hydrogen-bond donors (Lipinski definition) is 7. The number of aliphatic hydroxyl groups excluding tert-OH is 2. The van der Waals surface area contributed by atoms with Crippen LogP contribution in [0.5, 0.6) is 0 Å². The third-order valence-electron chi connectivity index (χ3n) is 7.18. The molecule has 4 aromatic rings. The van der Waals surface area contributed by atoms with E-state index in [2.05, 4.69) is 29.9 Å². The number of imidazole rings is 2. The summed E-state index contributed by atoms with van der Waals surface area (Å²) in [6.07, 6.45) is -10.2. The van der Waals surface area contributed by atoms with E-state index < -0.39 is 90.1 Å². The van der Waals surface area contributed by atoms with E-state index in [-0.39, 0.29) is 34.1 Å². The Labute approximate surface area is 255 Å². The van der Waals surface area contributed by atoms with Crippen LogP contribution in [0.1, 0.15) is 12.5 Å². The number of nitrogens with one attached hydrogen (secondary N) is 1. The van der Waals surface area contributed by atoms with Crippen LogP contribution in [0.15, 0.2) is 23.8 Å². The zero-order valence-electron chi connectivity index (χ0n) is 23.1. The minimum absolute atomic E-state index is 0.0114. The van der Waals surface area contributed by atoms with Gasteiger partial charge >= 0.3 is 15.9 Å². The number of alkyl halides is 1. The van der Waals surface area contributed by atoms with Crippen LogP contribution in [0.25, 0.3) is 22.3 Å². The number of fused-ring (bicyclic) bond motifs is 2. The first-order valence-electron chi connectivity index (χ1n) is 13.2. The van der Waals surface area contributed by atoms with Gasteiger partial charge in [-0.25, -0.2) is 28.9 Å². The number of nitrogens with zero attached hydrogens (tertiary/aromatic N) is 7. The SMILES string of the molecule is Nc1nc2c(ncn2[C@@H]2O[C@H](CO)[C@H](OP(=O)(O)OC[C@H]3O[C@@H](n4cnc5c(N)ncnc54)C(F)[C@H]3OC[P+](=O)O)C2O)c(=O)[nH]1. The van der Waals surface area contributed by atoms with Gasteiger partial charge in [-0.05, 0) is 4.57 Å². The van der Waals surface area contributed by atoms with Crippen LogP contribution in [0.3, 0.4) is 0 Å². The summed E-state index contributed by atoms with van der Waals surface area (Å²) in [5.41, 5.74) is 10.7. The van der Waals surface area contributed by atoms with Crippen molar-refractivity contribution in [2.24, 2.45) is 0 Å². The van der Waals surface area contributed by atoms with Crippen LogP contribution in [0.4, 0.5) is 16.2 Å². The van der Waals surface area contributed by atoms with E-state index in [9.17, 15) is 33.9 Å².